The summed E-state index contributed by atoms with van der Waals surface area (Å²) in [5, 5.41) is 3.65. The van der Waals surface area contributed by atoms with Gasteiger partial charge in [-0.05, 0) is 38.3 Å². The lowest BCUT2D eigenvalue weighted by Crippen LogP contribution is -2.29. The van der Waals surface area contributed by atoms with Crippen LogP contribution in [0, 0.1) is 13.8 Å². The topological polar surface area (TPSA) is 54.9 Å². The van der Waals surface area contributed by atoms with Crippen LogP contribution in [0.15, 0.2) is 41.4 Å². The molecule has 0 bridgehead atoms. The Labute approximate surface area is 134 Å². The van der Waals surface area contributed by atoms with Crippen LogP contribution in [0.3, 0.4) is 0 Å². The highest BCUT2D eigenvalue weighted by atomic mass is 32.2. The number of aromatic nitrogens is 2. The number of rotatable bonds is 5. The smallest absolute Gasteiger partial charge is 0.238 e. The molecule has 5 heteroatoms. The maximum absolute atomic E-state index is 12.6. The largest absolute Gasteiger partial charge is 0.352 e. The molecule has 0 spiro atoms. The van der Waals surface area contributed by atoms with Crippen LogP contribution in [0.25, 0.3) is 0 Å². The van der Waals surface area contributed by atoms with Crippen LogP contribution in [0.4, 0.5) is 0 Å². The van der Waals surface area contributed by atoms with Gasteiger partial charge in [0.1, 0.15) is 16.1 Å². The highest BCUT2D eigenvalue weighted by Crippen LogP contribution is 2.35. The van der Waals surface area contributed by atoms with Gasteiger partial charge in [-0.2, -0.15) is 0 Å². The molecule has 4 nitrogen and oxygen atoms in total. The number of benzene rings is 1. The second-order valence-corrected chi connectivity index (χ2v) is 6.71. The van der Waals surface area contributed by atoms with Crippen molar-refractivity contribution in [1.29, 1.82) is 0 Å². The molecule has 0 aliphatic heterocycles. The SMILES string of the molecule is Cc1cc(S[C@H](C(=O)NC2CC2)c2ccccc2)nc(C)n1. The van der Waals surface area contributed by atoms with Crippen molar-refractivity contribution in [3.63, 3.8) is 0 Å². The third-order valence-electron chi connectivity index (χ3n) is 3.45. The van der Waals surface area contributed by atoms with E-state index in [2.05, 4.69) is 15.3 Å². The number of nitrogens with zero attached hydrogens (tertiary/aromatic N) is 2. The fourth-order valence-corrected chi connectivity index (χ4v) is 3.40. The Bertz CT molecular complexity index is 651. The fourth-order valence-electron chi connectivity index (χ4n) is 2.27. The van der Waals surface area contributed by atoms with E-state index in [-0.39, 0.29) is 11.2 Å². The predicted octanol–water partition coefficient (Wildman–Crippen LogP) is 3.21. The molecule has 1 heterocycles. The first kappa shape index (κ1) is 15.0. The van der Waals surface area contributed by atoms with Gasteiger partial charge in [-0.3, -0.25) is 4.79 Å². The molecule has 1 saturated carbocycles. The molecule has 1 amide bonds. The Kier molecular flexibility index (Phi) is 4.43. The van der Waals surface area contributed by atoms with Gasteiger partial charge in [-0.1, -0.05) is 42.1 Å². The number of carbonyl (C=O) groups excluding carboxylic acids is 1. The molecule has 2 aromatic rings. The number of aryl methyl sites for hydroxylation is 2. The molecule has 1 N–H and O–H groups in total. The van der Waals surface area contributed by atoms with Crippen molar-refractivity contribution in [2.75, 3.05) is 0 Å². The van der Waals surface area contributed by atoms with Crippen molar-refractivity contribution in [2.24, 2.45) is 0 Å². The minimum absolute atomic E-state index is 0.0626. The Morgan fingerprint density at radius 2 is 1.95 bits per heavy atom. The molecule has 1 aromatic carbocycles. The van der Waals surface area contributed by atoms with Crippen LogP contribution in [0.5, 0.6) is 0 Å². The molecule has 1 atom stereocenters. The quantitative estimate of drug-likeness (QED) is 0.680. The second kappa shape index (κ2) is 6.48. The molecule has 22 heavy (non-hydrogen) atoms. The van der Waals surface area contributed by atoms with Crippen LogP contribution in [-0.4, -0.2) is 21.9 Å². The number of carbonyl (C=O) groups is 1. The van der Waals surface area contributed by atoms with Gasteiger partial charge < -0.3 is 5.32 Å². The summed E-state index contributed by atoms with van der Waals surface area (Å²) in [6.07, 6.45) is 2.17. The lowest BCUT2D eigenvalue weighted by Gasteiger charge is -2.16. The van der Waals surface area contributed by atoms with Gasteiger partial charge in [-0.15, -0.1) is 0 Å². The van der Waals surface area contributed by atoms with Gasteiger partial charge in [0.2, 0.25) is 5.91 Å². The van der Waals surface area contributed by atoms with E-state index in [9.17, 15) is 4.79 Å². The molecule has 0 saturated heterocycles. The molecular formula is C17H19N3OS. The second-order valence-electron chi connectivity index (χ2n) is 5.59. The van der Waals surface area contributed by atoms with E-state index >= 15 is 0 Å². The maximum Gasteiger partial charge on any atom is 0.238 e. The molecular weight excluding hydrogens is 294 g/mol. The maximum atomic E-state index is 12.6. The van der Waals surface area contributed by atoms with Gasteiger partial charge in [0.15, 0.2) is 0 Å². The zero-order chi connectivity index (χ0) is 15.5. The van der Waals surface area contributed by atoms with Crippen molar-refractivity contribution in [2.45, 2.75) is 43.0 Å². The van der Waals surface area contributed by atoms with E-state index in [1.165, 1.54) is 11.8 Å². The Balaban J connectivity index is 1.85. The van der Waals surface area contributed by atoms with Crippen molar-refractivity contribution in [3.05, 3.63) is 53.5 Å². The van der Waals surface area contributed by atoms with Gasteiger partial charge >= 0.3 is 0 Å². The van der Waals surface area contributed by atoms with Crippen LogP contribution in [0.1, 0.15) is 35.2 Å². The minimum Gasteiger partial charge on any atom is -0.352 e. The van der Waals surface area contributed by atoms with Crippen LogP contribution in [0.2, 0.25) is 0 Å². The van der Waals surface area contributed by atoms with Crippen molar-refractivity contribution >= 4 is 17.7 Å². The van der Waals surface area contributed by atoms with Gasteiger partial charge in [0.25, 0.3) is 0 Å². The molecule has 1 aliphatic rings. The van der Waals surface area contributed by atoms with Crippen LogP contribution >= 0.6 is 11.8 Å². The lowest BCUT2D eigenvalue weighted by atomic mass is 10.1. The zero-order valence-electron chi connectivity index (χ0n) is 12.7. The van der Waals surface area contributed by atoms with Crippen LogP contribution in [-0.2, 0) is 4.79 Å². The van der Waals surface area contributed by atoms with E-state index in [0.717, 1.165) is 34.9 Å². The number of amides is 1. The summed E-state index contributed by atoms with van der Waals surface area (Å²) in [6.45, 7) is 3.82. The Morgan fingerprint density at radius 3 is 2.59 bits per heavy atom. The molecule has 1 aromatic heterocycles. The van der Waals surface area contributed by atoms with Gasteiger partial charge in [-0.25, -0.2) is 9.97 Å². The molecule has 114 valence electrons. The summed E-state index contributed by atoms with van der Waals surface area (Å²) in [7, 11) is 0. The third-order valence-corrected chi connectivity index (χ3v) is 4.62. The van der Waals surface area contributed by atoms with Gasteiger partial charge in [0.05, 0.1) is 0 Å². The molecule has 0 radical (unpaired) electrons. The average molecular weight is 313 g/mol. The first-order chi connectivity index (χ1) is 10.6. The number of hydrogen-bond donors (Lipinski definition) is 1. The van der Waals surface area contributed by atoms with Crippen molar-refractivity contribution in [1.82, 2.24) is 15.3 Å². The van der Waals surface area contributed by atoms with Crippen LogP contribution < -0.4 is 5.32 Å². The van der Waals surface area contributed by atoms with Crippen molar-refractivity contribution < 1.29 is 4.79 Å². The third kappa shape index (κ3) is 3.85. The highest BCUT2D eigenvalue weighted by molar-refractivity contribution is 8.00. The highest BCUT2D eigenvalue weighted by Gasteiger charge is 2.29. The zero-order valence-corrected chi connectivity index (χ0v) is 13.6. The minimum atomic E-state index is -0.282. The average Bonchev–Trinajstić information content (AvgIpc) is 3.28. The fraction of sp³-hybridized carbons (Fsp3) is 0.353. The summed E-state index contributed by atoms with van der Waals surface area (Å²) >= 11 is 1.48. The normalized spacial score (nSPS) is 15.4. The first-order valence-electron chi connectivity index (χ1n) is 7.46. The number of thioether (sulfide) groups is 1. The molecule has 1 fully saturated rings. The monoisotopic (exact) mass is 313 g/mol. The summed E-state index contributed by atoms with van der Waals surface area (Å²) in [5.74, 6) is 0.796. The van der Waals surface area contributed by atoms with Crippen molar-refractivity contribution in [3.8, 4) is 0 Å². The summed E-state index contributed by atoms with van der Waals surface area (Å²) in [4.78, 5) is 21.3. The van der Waals surface area contributed by atoms with E-state index in [1.807, 2.05) is 50.2 Å². The summed E-state index contributed by atoms with van der Waals surface area (Å²) in [5.41, 5.74) is 1.92. The van der Waals surface area contributed by atoms with Gasteiger partial charge in [0, 0.05) is 11.7 Å². The molecule has 3 rings (SSSR count). The summed E-state index contributed by atoms with van der Waals surface area (Å²) in [6, 6.07) is 12.2. The molecule has 0 unspecified atom stereocenters. The first-order valence-corrected chi connectivity index (χ1v) is 8.34. The number of nitrogens with one attached hydrogen (secondary N) is 1. The Hall–Kier alpha value is -1.88. The van der Waals surface area contributed by atoms with E-state index in [1.54, 1.807) is 0 Å². The standard InChI is InChI=1S/C17H19N3OS/c1-11-10-15(19-12(2)18-11)22-16(13-6-4-3-5-7-13)17(21)20-14-8-9-14/h3-7,10,14,16H,8-9H2,1-2H3,(H,20,21)/t16-/m0/s1. The Morgan fingerprint density at radius 1 is 1.23 bits per heavy atom. The van der Waals surface area contributed by atoms with E-state index in [4.69, 9.17) is 0 Å². The van der Waals surface area contributed by atoms with E-state index in [0.29, 0.717) is 6.04 Å². The predicted molar refractivity (Wildman–Crippen MR) is 87.7 cm³/mol. The molecule has 1 aliphatic carbocycles. The lowest BCUT2D eigenvalue weighted by molar-refractivity contribution is -0.120. The van der Waals surface area contributed by atoms with E-state index < -0.39 is 0 Å². The summed E-state index contributed by atoms with van der Waals surface area (Å²) < 4.78 is 0. The number of hydrogen-bond acceptors (Lipinski definition) is 4.